The van der Waals surface area contributed by atoms with Crippen molar-refractivity contribution >= 4 is 11.8 Å². The molecule has 0 fully saturated rings. The molecule has 4 rings (SSSR count). The lowest BCUT2D eigenvalue weighted by Crippen LogP contribution is -1.83. The van der Waals surface area contributed by atoms with Crippen LogP contribution in [0.4, 0.5) is 0 Å². The summed E-state index contributed by atoms with van der Waals surface area (Å²) in [5.41, 5.74) is 3.00. The first-order valence-electron chi connectivity index (χ1n) is 8.30. The van der Waals surface area contributed by atoms with Gasteiger partial charge in [0.25, 0.3) is 0 Å². The highest BCUT2D eigenvalue weighted by Crippen LogP contribution is 2.26. The van der Waals surface area contributed by atoms with Gasteiger partial charge >= 0.3 is 0 Å². The molecule has 0 aliphatic rings. The standard InChI is InChI=1S/C19H17N5O2S/c1-12-5-3-6-13(9-12)17-20-19(24-22-17)27-11-16-21-23-18(26-16)14-7-4-8-15(10-14)25-2/h3-10H,11H2,1-2H3,(H,20,22,24). The number of rotatable bonds is 6. The second-order valence-corrected chi connectivity index (χ2v) is 6.80. The molecule has 0 aliphatic carbocycles. The van der Waals surface area contributed by atoms with Gasteiger partial charge in [-0.3, -0.25) is 5.10 Å². The van der Waals surface area contributed by atoms with Gasteiger partial charge in [0, 0.05) is 11.1 Å². The van der Waals surface area contributed by atoms with Crippen LogP contribution in [-0.4, -0.2) is 32.5 Å². The summed E-state index contributed by atoms with van der Waals surface area (Å²) in [6.07, 6.45) is 0. The van der Waals surface area contributed by atoms with Crippen molar-refractivity contribution in [3.05, 3.63) is 60.0 Å². The first-order valence-corrected chi connectivity index (χ1v) is 9.29. The van der Waals surface area contributed by atoms with Crippen LogP contribution in [0.3, 0.4) is 0 Å². The van der Waals surface area contributed by atoms with Gasteiger partial charge in [0.1, 0.15) is 5.75 Å². The average molecular weight is 379 g/mol. The van der Waals surface area contributed by atoms with E-state index in [-0.39, 0.29) is 0 Å². The van der Waals surface area contributed by atoms with E-state index in [4.69, 9.17) is 9.15 Å². The van der Waals surface area contributed by atoms with Gasteiger partial charge in [-0.1, -0.05) is 41.6 Å². The molecule has 4 aromatic rings. The Kier molecular flexibility index (Phi) is 4.88. The van der Waals surface area contributed by atoms with Crippen molar-refractivity contribution in [1.82, 2.24) is 25.4 Å². The summed E-state index contributed by atoms with van der Waals surface area (Å²) in [6, 6.07) is 15.6. The fourth-order valence-electron chi connectivity index (χ4n) is 2.54. The van der Waals surface area contributed by atoms with Crippen LogP contribution >= 0.6 is 11.8 Å². The minimum atomic E-state index is 0.458. The van der Waals surface area contributed by atoms with Crippen molar-refractivity contribution in [1.29, 1.82) is 0 Å². The summed E-state index contributed by atoms with van der Waals surface area (Å²) in [5.74, 6) is 2.94. The number of aromatic amines is 1. The maximum absolute atomic E-state index is 5.73. The highest BCUT2D eigenvalue weighted by Gasteiger charge is 2.12. The second kappa shape index (κ2) is 7.63. The van der Waals surface area contributed by atoms with Crippen molar-refractivity contribution < 1.29 is 9.15 Å². The van der Waals surface area contributed by atoms with Gasteiger partial charge in [-0.25, -0.2) is 4.98 Å². The molecule has 0 atom stereocenters. The number of methoxy groups -OCH3 is 1. The van der Waals surface area contributed by atoms with Crippen LogP contribution < -0.4 is 4.74 Å². The van der Waals surface area contributed by atoms with E-state index in [0.717, 1.165) is 22.7 Å². The molecule has 8 heteroatoms. The quantitative estimate of drug-likeness (QED) is 0.504. The van der Waals surface area contributed by atoms with Crippen molar-refractivity contribution in [2.24, 2.45) is 0 Å². The van der Waals surface area contributed by atoms with Crippen molar-refractivity contribution in [2.45, 2.75) is 17.8 Å². The summed E-state index contributed by atoms with van der Waals surface area (Å²) < 4.78 is 11.0. The number of aryl methyl sites for hydroxylation is 1. The summed E-state index contributed by atoms with van der Waals surface area (Å²) in [5, 5.41) is 16.0. The Morgan fingerprint density at radius 1 is 1.07 bits per heavy atom. The zero-order valence-corrected chi connectivity index (χ0v) is 15.7. The Morgan fingerprint density at radius 2 is 1.93 bits per heavy atom. The van der Waals surface area contributed by atoms with Crippen LogP contribution in [0.2, 0.25) is 0 Å². The smallest absolute Gasteiger partial charge is 0.247 e. The second-order valence-electron chi connectivity index (χ2n) is 5.86. The van der Waals surface area contributed by atoms with Crippen LogP contribution in [0.25, 0.3) is 22.8 Å². The van der Waals surface area contributed by atoms with Crippen LogP contribution in [0, 0.1) is 6.92 Å². The van der Waals surface area contributed by atoms with Crippen LogP contribution in [0.1, 0.15) is 11.5 Å². The molecule has 27 heavy (non-hydrogen) atoms. The first kappa shape index (κ1) is 17.3. The summed E-state index contributed by atoms with van der Waals surface area (Å²) in [4.78, 5) is 4.51. The third-order valence-corrected chi connectivity index (χ3v) is 4.70. The number of ether oxygens (including phenoxy) is 1. The molecule has 0 saturated heterocycles. The summed E-state index contributed by atoms with van der Waals surface area (Å²) in [6.45, 7) is 2.05. The Labute approximate surface area is 160 Å². The molecular formula is C19H17N5O2S. The van der Waals surface area contributed by atoms with Gasteiger partial charge in [0.2, 0.25) is 16.9 Å². The number of nitrogens with one attached hydrogen (secondary N) is 1. The van der Waals surface area contributed by atoms with E-state index in [1.807, 2.05) is 49.4 Å². The third kappa shape index (κ3) is 4.01. The molecule has 0 aliphatic heterocycles. The molecule has 136 valence electrons. The predicted octanol–water partition coefficient (Wildman–Crippen LogP) is 4.13. The van der Waals surface area contributed by atoms with Crippen LogP contribution in [0.5, 0.6) is 5.75 Å². The lowest BCUT2D eigenvalue weighted by Gasteiger charge is -2.00. The minimum Gasteiger partial charge on any atom is -0.497 e. The largest absolute Gasteiger partial charge is 0.497 e. The molecule has 0 unspecified atom stereocenters. The molecule has 0 radical (unpaired) electrons. The van der Waals surface area contributed by atoms with Crippen LogP contribution in [-0.2, 0) is 5.75 Å². The highest BCUT2D eigenvalue weighted by molar-refractivity contribution is 7.98. The van der Waals surface area contributed by atoms with E-state index < -0.39 is 0 Å². The molecule has 1 N–H and O–H groups in total. The normalized spacial score (nSPS) is 10.9. The molecule has 7 nitrogen and oxygen atoms in total. The summed E-state index contributed by atoms with van der Waals surface area (Å²) in [7, 11) is 1.62. The average Bonchev–Trinajstić information content (AvgIpc) is 3.36. The number of aromatic nitrogens is 5. The SMILES string of the molecule is COc1cccc(-c2nnc(CSc3n[nH]c(-c4cccc(C)c4)n3)o2)c1. The van der Waals surface area contributed by atoms with E-state index in [1.54, 1.807) is 7.11 Å². The van der Waals surface area contributed by atoms with Gasteiger partial charge in [0.15, 0.2) is 5.82 Å². The molecule has 2 aromatic heterocycles. The lowest BCUT2D eigenvalue weighted by atomic mass is 10.1. The molecular weight excluding hydrogens is 362 g/mol. The molecule has 2 heterocycles. The number of nitrogens with zero attached hydrogens (tertiary/aromatic N) is 4. The van der Waals surface area contributed by atoms with E-state index >= 15 is 0 Å². The number of hydrogen-bond acceptors (Lipinski definition) is 7. The molecule has 0 spiro atoms. The Hall–Kier alpha value is -3.13. The maximum Gasteiger partial charge on any atom is 0.247 e. The van der Waals surface area contributed by atoms with E-state index in [0.29, 0.717) is 22.7 Å². The van der Waals surface area contributed by atoms with Crippen molar-refractivity contribution in [2.75, 3.05) is 7.11 Å². The monoisotopic (exact) mass is 379 g/mol. The molecule has 0 amide bonds. The Bertz CT molecular complexity index is 1060. The lowest BCUT2D eigenvalue weighted by molar-refractivity contribution is 0.414. The third-order valence-electron chi connectivity index (χ3n) is 3.86. The molecule has 0 saturated carbocycles. The minimum absolute atomic E-state index is 0.458. The highest BCUT2D eigenvalue weighted by atomic mass is 32.2. The summed E-state index contributed by atoms with van der Waals surface area (Å²) >= 11 is 1.43. The molecule has 0 bridgehead atoms. The van der Waals surface area contributed by atoms with Gasteiger partial charge in [-0.2, -0.15) is 0 Å². The van der Waals surface area contributed by atoms with E-state index in [2.05, 4.69) is 31.4 Å². The predicted molar refractivity (Wildman–Crippen MR) is 102 cm³/mol. The van der Waals surface area contributed by atoms with Crippen molar-refractivity contribution in [3.8, 4) is 28.6 Å². The fraction of sp³-hybridized carbons (Fsp3) is 0.158. The zero-order valence-electron chi connectivity index (χ0n) is 14.8. The zero-order chi connectivity index (χ0) is 18.6. The van der Waals surface area contributed by atoms with Gasteiger partial charge in [-0.05, 0) is 31.2 Å². The Balaban J connectivity index is 1.43. The topological polar surface area (TPSA) is 89.7 Å². The number of thioether (sulfide) groups is 1. The number of benzene rings is 2. The van der Waals surface area contributed by atoms with Gasteiger partial charge in [-0.15, -0.1) is 15.3 Å². The number of hydrogen-bond donors (Lipinski definition) is 1. The van der Waals surface area contributed by atoms with Gasteiger partial charge < -0.3 is 9.15 Å². The molecule has 2 aromatic carbocycles. The van der Waals surface area contributed by atoms with Crippen molar-refractivity contribution in [3.63, 3.8) is 0 Å². The Morgan fingerprint density at radius 3 is 2.78 bits per heavy atom. The number of H-pyrrole nitrogens is 1. The van der Waals surface area contributed by atoms with Gasteiger partial charge in [0.05, 0.1) is 12.9 Å². The van der Waals surface area contributed by atoms with E-state index in [9.17, 15) is 0 Å². The van der Waals surface area contributed by atoms with E-state index in [1.165, 1.54) is 17.3 Å². The maximum atomic E-state index is 5.73. The first-order chi connectivity index (χ1) is 13.2. The van der Waals surface area contributed by atoms with Crippen LogP contribution in [0.15, 0.2) is 58.1 Å². The fourth-order valence-corrected chi connectivity index (χ4v) is 3.18.